The van der Waals surface area contributed by atoms with Crippen LogP contribution in [0, 0.1) is 0 Å². The van der Waals surface area contributed by atoms with Gasteiger partial charge in [0, 0.05) is 66.0 Å². The smallest absolute Gasteiger partial charge is 0.194 e. The van der Waals surface area contributed by atoms with Crippen LogP contribution in [-0.4, -0.2) is 21.5 Å². The predicted molar refractivity (Wildman–Crippen MR) is 169 cm³/mol. The van der Waals surface area contributed by atoms with Crippen molar-refractivity contribution in [2.45, 2.75) is 0 Å². The summed E-state index contributed by atoms with van der Waals surface area (Å²) in [6.45, 7) is 0. The van der Waals surface area contributed by atoms with Crippen LogP contribution in [0.3, 0.4) is 0 Å². The molecule has 42 heavy (non-hydrogen) atoms. The lowest BCUT2D eigenvalue weighted by Gasteiger charge is -2.19. The molecule has 0 saturated heterocycles. The predicted octanol–water partition coefficient (Wildman–Crippen LogP) is 9.06. The van der Waals surface area contributed by atoms with Crippen LogP contribution in [0.1, 0.15) is 31.8 Å². The zero-order valence-electron chi connectivity index (χ0n) is 22.4. The maximum Gasteiger partial charge on any atom is 0.194 e. The first-order valence-corrected chi connectivity index (χ1v) is 14.0. The van der Waals surface area contributed by atoms with Crippen molar-refractivity contribution in [3.63, 3.8) is 0 Å². The molecule has 9 rings (SSSR count). The van der Waals surface area contributed by atoms with Gasteiger partial charge in [-0.05, 0) is 47.5 Å². The molecule has 2 aromatic heterocycles. The van der Waals surface area contributed by atoms with E-state index in [2.05, 4.69) is 58.5 Å². The number of benzene rings is 6. The summed E-state index contributed by atoms with van der Waals surface area (Å²) in [5.74, 6) is -0.249. The summed E-state index contributed by atoms with van der Waals surface area (Å²) < 4.78 is 0. The van der Waals surface area contributed by atoms with Crippen molar-refractivity contribution in [2.24, 2.45) is 0 Å². The Hall–Kier alpha value is -5.74. The standard InChI is InChI=1S/C38H22N2O2/c41-37-30-18-16-22(24-10-6-12-28-26-8-2-4-14-34(26)40-36(24)28)20-32(30)38(42)29-17-15-21(19-31(29)37)23-9-5-11-27-25-7-1-3-13-33(25)39-35(23)27/h1-20,39-40H. The Balaban J connectivity index is 1.16. The quantitative estimate of drug-likeness (QED) is 0.231. The highest BCUT2D eigenvalue weighted by Crippen LogP contribution is 2.38. The minimum Gasteiger partial charge on any atom is -0.354 e. The van der Waals surface area contributed by atoms with Crippen molar-refractivity contribution in [1.29, 1.82) is 0 Å². The fourth-order valence-corrected chi connectivity index (χ4v) is 6.71. The molecule has 0 saturated carbocycles. The normalized spacial score (nSPS) is 12.9. The second-order valence-electron chi connectivity index (χ2n) is 11.0. The molecule has 1 aliphatic rings. The fourth-order valence-electron chi connectivity index (χ4n) is 6.71. The van der Waals surface area contributed by atoms with E-state index < -0.39 is 0 Å². The number of rotatable bonds is 2. The molecule has 0 spiro atoms. The highest BCUT2D eigenvalue weighted by atomic mass is 16.1. The molecule has 4 heteroatoms. The first-order valence-electron chi connectivity index (χ1n) is 14.0. The highest BCUT2D eigenvalue weighted by Gasteiger charge is 2.30. The van der Waals surface area contributed by atoms with Gasteiger partial charge >= 0.3 is 0 Å². The molecular formula is C38H22N2O2. The number of H-pyrrole nitrogens is 2. The van der Waals surface area contributed by atoms with Crippen LogP contribution in [-0.2, 0) is 0 Å². The van der Waals surface area contributed by atoms with Gasteiger partial charge in [-0.2, -0.15) is 0 Å². The van der Waals surface area contributed by atoms with Crippen LogP contribution >= 0.6 is 0 Å². The van der Waals surface area contributed by atoms with Gasteiger partial charge in [-0.1, -0.05) is 84.9 Å². The molecule has 196 valence electrons. The maximum atomic E-state index is 13.9. The summed E-state index contributed by atoms with van der Waals surface area (Å²) in [7, 11) is 0. The van der Waals surface area contributed by atoms with Crippen LogP contribution < -0.4 is 0 Å². The number of aromatic nitrogens is 2. The Morgan fingerprint density at radius 1 is 0.357 bits per heavy atom. The van der Waals surface area contributed by atoms with Gasteiger partial charge in [0.2, 0.25) is 0 Å². The Labute approximate surface area is 240 Å². The van der Waals surface area contributed by atoms with Gasteiger partial charge in [0.15, 0.2) is 11.6 Å². The van der Waals surface area contributed by atoms with Gasteiger partial charge in [-0.3, -0.25) is 9.59 Å². The van der Waals surface area contributed by atoms with Crippen molar-refractivity contribution >= 4 is 55.2 Å². The van der Waals surface area contributed by atoms with E-state index in [0.29, 0.717) is 22.3 Å². The Morgan fingerprint density at radius 3 is 1.26 bits per heavy atom. The van der Waals surface area contributed by atoms with Crippen molar-refractivity contribution in [3.05, 3.63) is 144 Å². The van der Waals surface area contributed by atoms with E-state index in [4.69, 9.17) is 0 Å². The van der Waals surface area contributed by atoms with Gasteiger partial charge in [-0.25, -0.2) is 0 Å². The topological polar surface area (TPSA) is 65.7 Å². The van der Waals surface area contributed by atoms with E-state index >= 15 is 0 Å². The van der Waals surface area contributed by atoms with Crippen molar-refractivity contribution in [1.82, 2.24) is 9.97 Å². The maximum absolute atomic E-state index is 13.9. The number of fused-ring (bicyclic) bond motifs is 8. The largest absolute Gasteiger partial charge is 0.354 e. The number of carbonyl (C=O) groups excluding carboxylic acids is 2. The van der Waals surface area contributed by atoms with Gasteiger partial charge in [0.1, 0.15) is 0 Å². The van der Waals surface area contributed by atoms with Crippen molar-refractivity contribution < 1.29 is 9.59 Å². The molecule has 2 heterocycles. The molecule has 4 nitrogen and oxygen atoms in total. The molecular weight excluding hydrogens is 516 g/mol. The van der Waals surface area contributed by atoms with Crippen LogP contribution in [0.25, 0.3) is 65.9 Å². The molecule has 1 aliphatic carbocycles. The zero-order chi connectivity index (χ0) is 27.9. The molecule has 0 atom stereocenters. The van der Waals surface area contributed by atoms with Crippen molar-refractivity contribution in [3.8, 4) is 22.3 Å². The lowest BCUT2D eigenvalue weighted by molar-refractivity contribution is 0.0979. The third-order valence-corrected chi connectivity index (χ3v) is 8.72. The monoisotopic (exact) mass is 538 g/mol. The molecule has 0 bridgehead atoms. The van der Waals surface area contributed by atoms with Crippen LogP contribution in [0.2, 0.25) is 0 Å². The number of aromatic amines is 2. The lowest BCUT2D eigenvalue weighted by atomic mass is 9.81. The van der Waals surface area contributed by atoms with Crippen molar-refractivity contribution in [2.75, 3.05) is 0 Å². The minimum atomic E-state index is -0.124. The average Bonchev–Trinajstić information content (AvgIpc) is 3.62. The number of hydrogen-bond acceptors (Lipinski definition) is 2. The molecule has 0 unspecified atom stereocenters. The summed E-state index contributed by atoms with van der Waals surface area (Å²) in [5.41, 5.74) is 9.76. The van der Waals surface area contributed by atoms with Crippen LogP contribution in [0.4, 0.5) is 0 Å². The average molecular weight is 539 g/mol. The summed E-state index contributed by atoms with van der Waals surface area (Å²) in [6.07, 6.45) is 0. The third-order valence-electron chi connectivity index (χ3n) is 8.72. The molecule has 6 aromatic carbocycles. The summed E-state index contributed by atoms with van der Waals surface area (Å²) >= 11 is 0. The first-order chi connectivity index (χ1) is 20.7. The molecule has 0 aliphatic heterocycles. The summed E-state index contributed by atoms with van der Waals surface area (Å²) in [4.78, 5) is 34.8. The molecule has 0 fully saturated rings. The van der Waals surface area contributed by atoms with E-state index in [1.807, 2.05) is 60.7 Å². The van der Waals surface area contributed by atoms with E-state index in [1.165, 1.54) is 0 Å². The second kappa shape index (κ2) is 8.38. The third kappa shape index (κ3) is 3.12. The number of carbonyl (C=O) groups is 2. The summed E-state index contributed by atoms with van der Waals surface area (Å²) in [6, 6.07) is 40.1. The van der Waals surface area contributed by atoms with Crippen LogP contribution in [0.5, 0.6) is 0 Å². The molecule has 0 radical (unpaired) electrons. The molecule has 8 aromatic rings. The number of nitrogens with one attached hydrogen (secondary N) is 2. The van der Waals surface area contributed by atoms with Gasteiger partial charge < -0.3 is 9.97 Å². The van der Waals surface area contributed by atoms with Crippen LogP contribution in [0.15, 0.2) is 121 Å². The summed E-state index contributed by atoms with van der Waals surface area (Å²) in [5, 5.41) is 4.58. The number of ketones is 2. The van der Waals surface area contributed by atoms with E-state index in [9.17, 15) is 9.59 Å². The molecule has 0 amide bonds. The minimum absolute atomic E-state index is 0.124. The fraction of sp³-hybridized carbons (Fsp3) is 0. The van der Waals surface area contributed by atoms with E-state index in [1.54, 1.807) is 12.1 Å². The number of para-hydroxylation sites is 4. The Morgan fingerprint density at radius 2 is 0.786 bits per heavy atom. The van der Waals surface area contributed by atoms with Gasteiger partial charge in [0.25, 0.3) is 0 Å². The zero-order valence-corrected chi connectivity index (χ0v) is 22.4. The molecule has 2 N–H and O–H groups in total. The Kier molecular flexibility index (Phi) is 4.59. The Bertz CT molecular complexity index is 2280. The second-order valence-corrected chi connectivity index (χ2v) is 11.0. The van der Waals surface area contributed by atoms with Gasteiger partial charge in [-0.15, -0.1) is 0 Å². The van der Waals surface area contributed by atoms with Gasteiger partial charge in [0.05, 0.1) is 11.0 Å². The lowest BCUT2D eigenvalue weighted by Crippen LogP contribution is -2.21. The number of hydrogen-bond donors (Lipinski definition) is 2. The SMILES string of the molecule is O=C1c2ccc(-c3cccc4c3[nH]c3ccccc34)cc2C(=O)c2ccc(-c3cccc4c3[nH]c3ccccc34)cc21. The van der Waals surface area contributed by atoms with E-state index in [-0.39, 0.29) is 11.6 Å². The highest BCUT2D eigenvalue weighted by molar-refractivity contribution is 6.29. The van der Waals surface area contributed by atoms with E-state index in [0.717, 1.165) is 65.9 Å². The first kappa shape index (κ1) is 23.0.